The maximum Gasteiger partial charge on any atom is 0.316 e. The molecule has 24 heavy (non-hydrogen) atoms. The Morgan fingerprint density at radius 3 is 2.67 bits per heavy atom. The number of para-hydroxylation sites is 1. The molecule has 1 amide bonds. The number of hydrogen-bond acceptors (Lipinski definition) is 5. The maximum absolute atomic E-state index is 12.3. The summed E-state index contributed by atoms with van der Waals surface area (Å²) in [6, 6.07) is 9.45. The minimum Gasteiger partial charge on any atom is -0.494 e. The predicted molar refractivity (Wildman–Crippen MR) is 87.5 cm³/mol. The molecule has 1 heterocycles. The molecule has 1 aliphatic heterocycles. The van der Waals surface area contributed by atoms with Crippen LogP contribution in [0.4, 0.5) is 0 Å². The lowest BCUT2D eigenvalue weighted by Crippen LogP contribution is -2.32. The zero-order chi connectivity index (χ0) is 17.4. The summed E-state index contributed by atoms with van der Waals surface area (Å²) in [4.78, 5) is 37.4. The van der Waals surface area contributed by atoms with Crippen LogP contribution in [0, 0.1) is 5.92 Å². The molecule has 1 atom stereocenters. The second-order valence-electron chi connectivity index (χ2n) is 5.73. The average Bonchev–Trinajstić information content (AvgIpc) is 2.80. The average molecular weight is 333 g/mol. The van der Waals surface area contributed by atoms with Gasteiger partial charge in [-0.25, -0.2) is 0 Å². The molecule has 0 aliphatic carbocycles. The third-order valence-corrected chi connectivity index (χ3v) is 4.09. The van der Waals surface area contributed by atoms with Crippen LogP contribution < -0.4 is 4.74 Å². The van der Waals surface area contributed by atoms with Crippen LogP contribution >= 0.6 is 0 Å². The third kappa shape index (κ3) is 5.08. The van der Waals surface area contributed by atoms with Crippen LogP contribution in [0.3, 0.4) is 0 Å². The number of benzene rings is 1. The zero-order valence-corrected chi connectivity index (χ0v) is 13.9. The van der Waals surface area contributed by atoms with Gasteiger partial charge in [0.25, 0.3) is 0 Å². The summed E-state index contributed by atoms with van der Waals surface area (Å²) in [6.45, 7) is 1.24. The van der Waals surface area contributed by atoms with Gasteiger partial charge < -0.3 is 14.4 Å². The van der Waals surface area contributed by atoms with Gasteiger partial charge in [0, 0.05) is 25.9 Å². The molecule has 6 nitrogen and oxygen atoms in total. The number of nitrogens with zero attached hydrogens (tertiary/aromatic N) is 1. The van der Waals surface area contributed by atoms with Crippen molar-refractivity contribution in [2.75, 3.05) is 26.8 Å². The highest BCUT2D eigenvalue weighted by molar-refractivity contribution is 5.99. The highest BCUT2D eigenvalue weighted by atomic mass is 16.5. The third-order valence-electron chi connectivity index (χ3n) is 4.09. The summed E-state index contributed by atoms with van der Waals surface area (Å²) in [6.07, 6.45) is 1.51. The molecule has 0 saturated carbocycles. The van der Waals surface area contributed by atoms with E-state index in [0.29, 0.717) is 39.0 Å². The lowest BCUT2D eigenvalue weighted by molar-refractivity contribution is -0.149. The van der Waals surface area contributed by atoms with E-state index in [4.69, 9.17) is 4.74 Å². The molecule has 2 rings (SSSR count). The van der Waals surface area contributed by atoms with Crippen molar-refractivity contribution in [3.05, 3.63) is 30.3 Å². The molecular formula is C18H23NO5. The predicted octanol–water partition coefficient (Wildman–Crippen LogP) is 1.83. The highest BCUT2D eigenvalue weighted by Gasteiger charge is 2.31. The molecule has 1 unspecified atom stereocenters. The van der Waals surface area contributed by atoms with Gasteiger partial charge in [0.05, 0.1) is 13.7 Å². The number of methoxy groups -OCH3 is 1. The lowest BCUT2D eigenvalue weighted by atomic mass is 10.00. The molecule has 1 aromatic carbocycles. The summed E-state index contributed by atoms with van der Waals surface area (Å²) in [5.74, 6) is -0.624. The number of rotatable bonds is 6. The smallest absolute Gasteiger partial charge is 0.316 e. The first-order chi connectivity index (χ1) is 11.6. The lowest BCUT2D eigenvalue weighted by Gasteiger charge is -2.20. The van der Waals surface area contributed by atoms with Crippen LogP contribution in [0.5, 0.6) is 5.75 Å². The SMILES string of the molecule is COC(=O)C1CCN(C(=O)CCCOc2ccccc2)CCC1=O. The molecular weight excluding hydrogens is 310 g/mol. The van der Waals surface area contributed by atoms with E-state index >= 15 is 0 Å². The zero-order valence-electron chi connectivity index (χ0n) is 13.9. The maximum atomic E-state index is 12.3. The Labute approximate surface area is 141 Å². The molecule has 1 fully saturated rings. The summed E-state index contributed by atoms with van der Waals surface area (Å²) < 4.78 is 10.2. The fraction of sp³-hybridized carbons (Fsp3) is 0.500. The molecule has 0 N–H and O–H groups in total. The summed E-state index contributed by atoms with van der Waals surface area (Å²) in [7, 11) is 1.27. The van der Waals surface area contributed by atoms with E-state index in [2.05, 4.69) is 4.74 Å². The van der Waals surface area contributed by atoms with Gasteiger partial charge >= 0.3 is 5.97 Å². The van der Waals surface area contributed by atoms with Gasteiger partial charge in [-0.15, -0.1) is 0 Å². The number of esters is 1. The van der Waals surface area contributed by atoms with Crippen molar-refractivity contribution in [3.8, 4) is 5.75 Å². The Morgan fingerprint density at radius 2 is 1.96 bits per heavy atom. The molecule has 6 heteroatoms. The van der Waals surface area contributed by atoms with Gasteiger partial charge in [-0.05, 0) is 25.0 Å². The van der Waals surface area contributed by atoms with Crippen molar-refractivity contribution in [2.24, 2.45) is 5.92 Å². The molecule has 1 aromatic rings. The molecule has 130 valence electrons. The van der Waals surface area contributed by atoms with Crippen molar-refractivity contribution in [1.82, 2.24) is 4.90 Å². The number of carbonyl (C=O) groups is 3. The van der Waals surface area contributed by atoms with Crippen LogP contribution in [0.2, 0.25) is 0 Å². The fourth-order valence-corrected chi connectivity index (χ4v) is 2.71. The molecule has 1 saturated heterocycles. The minimum absolute atomic E-state index is 0.00928. The van der Waals surface area contributed by atoms with Crippen molar-refractivity contribution in [2.45, 2.75) is 25.7 Å². The van der Waals surface area contributed by atoms with E-state index in [1.807, 2.05) is 30.3 Å². The van der Waals surface area contributed by atoms with Gasteiger partial charge in [0.2, 0.25) is 5.91 Å². The van der Waals surface area contributed by atoms with E-state index in [0.717, 1.165) is 5.75 Å². The Kier molecular flexibility index (Phi) is 6.78. The van der Waals surface area contributed by atoms with Crippen LogP contribution in [0.15, 0.2) is 30.3 Å². The number of Topliss-reactive ketones (excluding diaryl/α,β-unsaturated/α-hetero) is 1. The number of amides is 1. The first-order valence-corrected chi connectivity index (χ1v) is 8.18. The first kappa shape index (κ1) is 18.0. The number of ether oxygens (including phenoxy) is 2. The van der Waals surface area contributed by atoms with Crippen molar-refractivity contribution in [3.63, 3.8) is 0 Å². The second-order valence-corrected chi connectivity index (χ2v) is 5.73. The van der Waals surface area contributed by atoms with E-state index in [-0.39, 0.29) is 18.1 Å². The second kappa shape index (κ2) is 9.05. The van der Waals surface area contributed by atoms with Gasteiger partial charge in [0.15, 0.2) is 0 Å². The number of carbonyl (C=O) groups excluding carboxylic acids is 3. The Balaban J connectivity index is 1.74. The Hall–Kier alpha value is -2.37. The highest BCUT2D eigenvalue weighted by Crippen LogP contribution is 2.17. The molecule has 1 aliphatic rings. The molecule has 0 spiro atoms. The van der Waals surface area contributed by atoms with Crippen molar-refractivity contribution >= 4 is 17.7 Å². The largest absolute Gasteiger partial charge is 0.494 e. The fourth-order valence-electron chi connectivity index (χ4n) is 2.71. The molecule has 0 aromatic heterocycles. The van der Waals surface area contributed by atoms with Crippen LogP contribution in [-0.4, -0.2) is 49.4 Å². The van der Waals surface area contributed by atoms with Crippen LogP contribution in [0.25, 0.3) is 0 Å². The van der Waals surface area contributed by atoms with E-state index < -0.39 is 11.9 Å². The molecule has 0 bridgehead atoms. The first-order valence-electron chi connectivity index (χ1n) is 8.18. The van der Waals surface area contributed by atoms with Crippen LogP contribution in [0.1, 0.15) is 25.7 Å². The van der Waals surface area contributed by atoms with Gasteiger partial charge in [0.1, 0.15) is 17.5 Å². The number of likely N-dealkylation sites (tertiary alicyclic amines) is 1. The Morgan fingerprint density at radius 1 is 1.21 bits per heavy atom. The normalized spacial score (nSPS) is 18.0. The van der Waals surface area contributed by atoms with E-state index in [1.54, 1.807) is 4.90 Å². The number of hydrogen-bond donors (Lipinski definition) is 0. The quantitative estimate of drug-likeness (QED) is 0.451. The number of ketones is 1. The monoisotopic (exact) mass is 333 g/mol. The van der Waals surface area contributed by atoms with Gasteiger partial charge in [-0.3, -0.25) is 14.4 Å². The standard InChI is InChI=1S/C18H23NO5/c1-23-18(22)15-9-11-19(12-10-16(15)20)17(21)8-5-13-24-14-6-3-2-4-7-14/h2-4,6-7,15H,5,8-13H2,1H3. The summed E-state index contributed by atoms with van der Waals surface area (Å²) >= 11 is 0. The van der Waals surface area contributed by atoms with E-state index in [9.17, 15) is 14.4 Å². The van der Waals surface area contributed by atoms with Crippen molar-refractivity contribution in [1.29, 1.82) is 0 Å². The van der Waals surface area contributed by atoms with Crippen LogP contribution in [-0.2, 0) is 19.1 Å². The van der Waals surface area contributed by atoms with Gasteiger partial charge in [-0.2, -0.15) is 0 Å². The molecule has 0 radical (unpaired) electrons. The van der Waals surface area contributed by atoms with E-state index in [1.165, 1.54) is 7.11 Å². The summed E-state index contributed by atoms with van der Waals surface area (Å²) in [5, 5.41) is 0. The topological polar surface area (TPSA) is 72.9 Å². The summed E-state index contributed by atoms with van der Waals surface area (Å²) in [5.41, 5.74) is 0. The minimum atomic E-state index is -0.741. The Bertz CT molecular complexity index is 572. The van der Waals surface area contributed by atoms with Crippen molar-refractivity contribution < 1.29 is 23.9 Å². The van der Waals surface area contributed by atoms with Gasteiger partial charge in [-0.1, -0.05) is 18.2 Å².